The molecule has 0 spiro atoms. The largest absolute Gasteiger partial charge is 0.391 e. The third-order valence-corrected chi connectivity index (χ3v) is 6.09. The molecule has 3 aromatic rings. The summed E-state index contributed by atoms with van der Waals surface area (Å²) in [7, 11) is 1.57. The van der Waals surface area contributed by atoms with Crippen LogP contribution < -0.4 is 0 Å². The van der Waals surface area contributed by atoms with E-state index < -0.39 is 36.8 Å². The summed E-state index contributed by atoms with van der Waals surface area (Å²) in [5, 5.41) is 10.6. The molecule has 0 amide bonds. The molecule has 0 radical (unpaired) electrons. The Kier molecular flexibility index (Phi) is 9.42. The number of aliphatic hydroxyl groups excluding tert-OH is 1. The van der Waals surface area contributed by atoms with Crippen molar-refractivity contribution in [2.75, 3.05) is 7.11 Å². The summed E-state index contributed by atoms with van der Waals surface area (Å²) in [4.78, 5) is 0. The number of benzene rings is 3. The Hall–Kier alpha value is -2.58. The summed E-state index contributed by atoms with van der Waals surface area (Å²) < 4.78 is 31.0. The van der Waals surface area contributed by atoms with E-state index >= 15 is 0 Å². The lowest BCUT2D eigenvalue weighted by molar-refractivity contribution is -0.328. The minimum Gasteiger partial charge on any atom is -0.391 e. The summed E-state index contributed by atoms with van der Waals surface area (Å²) in [5.74, 6) is 0. The lowest BCUT2D eigenvalue weighted by atomic mass is 9.94. The average Bonchev–Trinajstić information content (AvgIpc) is 2.91. The molecule has 0 bridgehead atoms. The Labute approximate surface area is 207 Å². The number of rotatable bonds is 11. The third-order valence-electron chi connectivity index (χ3n) is 6.09. The van der Waals surface area contributed by atoms with Crippen molar-refractivity contribution in [2.45, 2.75) is 63.6 Å². The normalized spacial score (nSPS) is 25.3. The molecule has 35 heavy (non-hydrogen) atoms. The lowest BCUT2D eigenvalue weighted by Crippen LogP contribution is -2.62. The van der Waals surface area contributed by atoms with Crippen molar-refractivity contribution in [2.24, 2.45) is 0 Å². The van der Waals surface area contributed by atoms with E-state index in [-0.39, 0.29) is 0 Å². The molecule has 0 saturated carbocycles. The van der Waals surface area contributed by atoms with E-state index in [0.717, 1.165) is 16.7 Å². The Morgan fingerprint density at radius 2 is 1.06 bits per heavy atom. The highest BCUT2D eigenvalue weighted by molar-refractivity contribution is 5.15. The van der Waals surface area contributed by atoms with Crippen LogP contribution in [0.3, 0.4) is 0 Å². The van der Waals surface area contributed by atoms with Crippen molar-refractivity contribution in [3.05, 3.63) is 108 Å². The average molecular weight is 479 g/mol. The van der Waals surface area contributed by atoms with Gasteiger partial charge in [-0.15, -0.1) is 0 Å². The van der Waals surface area contributed by atoms with Gasteiger partial charge in [0.1, 0.15) is 24.4 Å². The number of methoxy groups -OCH3 is 1. The van der Waals surface area contributed by atoms with E-state index in [1.807, 2.05) is 91.0 Å². The van der Waals surface area contributed by atoms with Crippen LogP contribution in [0.2, 0.25) is 0 Å². The quantitative estimate of drug-likeness (QED) is 0.438. The zero-order chi connectivity index (χ0) is 24.5. The first-order chi connectivity index (χ1) is 17.2. The molecule has 1 unspecified atom stereocenters. The Bertz CT molecular complexity index is 982. The van der Waals surface area contributed by atoms with Crippen LogP contribution in [-0.2, 0) is 43.5 Å². The summed E-state index contributed by atoms with van der Waals surface area (Å²) in [5.41, 5.74) is 3.09. The molecule has 1 aliphatic heterocycles. The minimum atomic E-state index is -0.800. The summed E-state index contributed by atoms with van der Waals surface area (Å²) in [6.45, 7) is 2.78. The zero-order valence-corrected chi connectivity index (χ0v) is 20.2. The highest BCUT2D eigenvalue weighted by atomic mass is 16.7. The highest BCUT2D eigenvalue weighted by Crippen LogP contribution is 2.32. The second-order valence-corrected chi connectivity index (χ2v) is 8.73. The van der Waals surface area contributed by atoms with Gasteiger partial charge in [-0.3, -0.25) is 0 Å². The molecule has 186 valence electrons. The molecule has 0 aromatic heterocycles. The van der Waals surface area contributed by atoms with Crippen LogP contribution in [0.15, 0.2) is 91.0 Å². The Morgan fingerprint density at radius 1 is 0.657 bits per heavy atom. The monoisotopic (exact) mass is 478 g/mol. The Morgan fingerprint density at radius 3 is 1.46 bits per heavy atom. The van der Waals surface area contributed by atoms with Crippen molar-refractivity contribution in [3.63, 3.8) is 0 Å². The maximum atomic E-state index is 10.6. The predicted octanol–water partition coefficient (Wildman–Crippen LogP) is 4.49. The highest BCUT2D eigenvalue weighted by Gasteiger charge is 2.50. The second-order valence-electron chi connectivity index (χ2n) is 8.73. The lowest BCUT2D eigenvalue weighted by Gasteiger charge is -2.46. The molecular weight excluding hydrogens is 444 g/mol. The molecule has 6 heteroatoms. The molecule has 6 atom stereocenters. The SMILES string of the molecule is CO[C@H]1O[C@H](C(C)O)[C@@H](OCc2ccccc2)[C@H](OCc2ccccc2)[C@H]1OCc1ccccc1. The van der Waals surface area contributed by atoms with Crippen LogP contribution in [0.4, 0.5) is 0 Å². The van der Waals surface area contributed by atoms with E-state index in [0.29, 0.717) is 19.8 Å². The van der Waals surface area contributed by atoms with Gasteiger partial charge in [-0.2, -0.15) is 0 Å². The second kappa shape index (κ2) is 12.9. The van der Waals surface area contributed by atoms with Crippen molar-refractivity contribution >= 4 is 0 Å². The van der Waals surface area contributed by atoms with Crippen LogP contribution in [0.1, 0.15) is 23.6 Å². The van der Waals surface area contributed by atoms with Gasteiger partial charge in [0.15, 0.2) is 6.29 Å². The fraction of sp³-hybridized carbons (Fsp3) is 0.379. The van der Waals surface area contributed by atoms with Crippen LogP contribution in [0.25, 0.3) is 0 Å². The van der Waals surface area contributed by atoms with Crippen molar-refractivity contribution in [1.82, 2.24) is 0 Å². The molecule has 6 nitrogen and oxygen atoms in total. The smallest absolute Gasteiger partial charge is 0.186 e. The van der Waals surface area contributed by atoms with Crippen molar-refractivity contribution in [1.29, 1.82) is 0 Å². The van der Waals surface area contributed by atoms with E-state index in [4.69, 9.17) is 23.7 Å². The van der Waals surface area contributed by atoms with E-state index in [9.17, 15) is 5.11 Å². The molecule has 3 aromatic carbocycles. The number of ether oxygens (including phenoxy) is 5. The molecule has 1 aliphatic rings. The molecule has 1 heterocycles. The van der Waals surface area contributed by atoms with Crippen molar-refractivity contribution in [3.8, 4) is 0 Å². The predicted molar refractivity (Wildman–Crippen MR) is 132 cm³/mol. The van der Waals surface area contributed by atoms with Crippen LogP contribution in [0.5, 0.6) is 0 Å². The fourth-order valence-corrected chi connectivity index (χ4v) is 4.27. The topological polar surface area (TPSA) is 66.4 Å². The van der Waals surface area contributed by atoms with Gasteiger partial charge in [0, 0.05) is 7.11 Å². The number of hydrogen-bond acceptors (Lipinski definition) is 6. The van der Waals surface area contributed by atoms with Gasteiger partial charge in [0.2, 0.25) is 0 Å². The van der Waals surface area contributed by atoms with E-state index in [2.05, 4.69) is 0 Å². The van der Waals surface area contributed by atoms with Gasteiger partial charge < -0.3 is 28.8 Å². The van der Waals surface area contributed by atoms with E-state index in [1.165, 1.54) is 0 Å². The van der Waals surface area contributed by atoms with Gasteiger partial charge in [-0.25, -0.2) is 0 Å². The van der Waals surface area contributed by atoms with Gasteiger partial charge in [-0.05, 0) is 23.6 Å². The standard InChI is InChI=1S/C29H34O6/c1-21(30)25-26(32-18-22-12-6-3-7-13-22)27(33-19-23-14-8-4-9-15-23)28(29(31-2)35-25)34-20-24-16-10-5-11-17-24/h3-17,21,25-30H,18-20H2,1-2H3/t21?,25-,26-,27+,28-,29+/m1/s1. The summed E-state index contributed by atoms with van der Waals surface area (Å²) in [6, 6.07) is 29.8. The summed E-state index contributed by atoms with van der Waals surface area (Å²) >= 11 is 0. The maximum absolute atomic E-state index is 10.6. The molecule has 1 fully saturated rings. The first-order valence-corrected chi connectivity index (χ1v) is 12.0. The number of hydrogen-bond donors (Lipinski definition) is 1. The minimum absolute atomic E-state index is 0.354. The van der Waals surface area contributed by atoms with E-state index in [1.54, 1.807) is 14.0 Å². The van der Waals surface area contributed by atoms with Crippen LogP contribution in [-0.4, -0.2) is 49.0 Å². The Balaban J connectivity index is 1.59. The molecule has 4 rings (SSSR count). The van der Waals surface area contributed by atoms with Crippen LogP contribution in [0, 0.1) is 0 Å². The maximum Gasteiger partial charge on any atom is 0.186 e. The van der Waals surface area contributed by atoms with Gasteiger partial charge >= 0.3 is 0 Å². The first kappa shape index (κ1) is 25.5. The van der Waals surface area contributed by atoms with Gasteiger partial charge in [0.05, 0.1) is 25.9 Å². The van der Waals surface area contributed by atoms with Crippen molar-refractivity contribution < 1.29 is 28.8 Å². The first-order valence-electron chi connectivity index (χ1n) is 12.0. The van der Waals surface area contributed by atoms with Crippen LogP contribution >= 0.6 is 0 Å². The molecule has 0 aliphatic carbocycles. The van der Waals surface area contributed by atoms with Gasteiger partial charge in [0.25, 0.3) is 0 Å². The summed E-state index contributed by atoms with van der Waals surface area (Å²) in [6.07, 6.45) is -3.87. The zero-order valence-electron chi connectivity index (χ0n) is 20.2. The molecule has 1 saturated heterocycles. The molecule has 1 N–H and O–H groups in total. The molecular formula is C29H34O6. The third kappa shape index (κ3) is 6.98. The number of aliphatic hydroxyl groups is 1. The fourth-order valence-electron chi connectivity index (χ4n) is 4.27. The van der Waals surface area contributed by atoms with Gasteiger partial charge in [-0.1, -0.05) is 91.0 Å².